The van der Waals surface area contributed by atoms with Crippen LogP contribution in [-0.2, 0) is 14.3 Å². The molecule has 1 heterocycles. The normalized spacial score (nSPS) is 15.0. The van der Waals surface area contributed by atoms with Crippen LogP contribution in [0.5, 0.6) is 0 Å². The quantitative estimate of drug-likeness (QED) is 0.455. The van der Waals surface area contributed by atoms with Gasteiger partial charge in [0.1, 0.15) is 24.0 Å². The second-order valence-corrected chi connectivity index (χ2v) is 8.06. The van der Waals surface area contributed by atoms with Crippen molar-refractivity contribution in [2.45, 2.75) is 30.1 Å². The number of aliphatic hydroxyl groups excluding tert-OH is 3. The van der Waals surface area contributed by atoms with E-state index in [2.05, 4.69) is 10.2 Å². The highest BCUT2D eigenvalue weighted by Gasteiger charge is 2.30. The molecule has 2 aromatic carbocycles. The summed E-state index contributed by atoms with van der Waals surface area (Å²) >= 11 is 0. The molecule has 0 radical (unpaired) electrons. The fourth-order valence-electron chi connectivity index (χ4n) is 2.51. The predicted molar refractivity (Wildman–Crippen MR) is 103 cm³/mol. The molecule has 0 saturated heterocycles. The first-order valence-electron chi connectivity index (χ1n) is 8.76. The summed E-state index contributed by atoms with van der Waals surface area (Å²) in [6.07, 6.45) is -3.75. The zero-order chi connectivity index (χ0) is 21.0. The largest absolute Gasteiger partial charge is 0.388 e. The molecule has 0 aliphatic rings. The van der Waals surface area contributed by atoms with Crippen LogP contribution in [0.3, 0.4) is 0 Å². The van der Waals surface area contributed by atoms with Crippen LogP contribution in [0.2, 0.25) is 0 Å². The Bertz CT molecular complexity index is 1040. The molecule has 3 atom stereocenters. The first-order chi connectivity index (χ1) is 13.8. The maximum absolute atomic E-state index is 12.2. The Morgan fingerprint density at radius 2 is 1.69 bits per heavy atom. The lowest BCUT2D eigenvalue weighted by Gasteiger charge is -2.21. The topological polar surface area (TPSA) is 135 Å². The average molecular weight is 419 g/mol. The summed E-state index contributed by atoms with van der Waals surface area (Å²) in [5, 5.41) is 38.6. The molecule has 0 amide bonds. The molecule has 154 valence electrons. The van der Waals surface area contributed by atoms with E-state index in [4.69, 9.17) is 4.18 Å². The lowest BCUT2D eigenvalue weighted by Crippen LogP contribution is -2.36. The smallest absolute Gasteiger partial charge is 0.297 e. The van der Waals surface area contributed by atoms with E-state index in [0.717, 1.165) is 5.56 Å². The van der Waals surface area contributed by atoms with Crippen LogP contribution < -0.4 is 0 Å². The first kappa shape index (κ1) is 21.1. The van der Waals surface area contributed by atoms with Crippen LogP contribution in [-0.4, -0.2) is 57.5 Å². The van der Waals surface area contributed by atoms with Gasteiger partial charge >= 0.3 is 0 Å². The number of hydrogen-bond acceptors (Lipinski definition) is 8. The third kappa shape index (κ3) is 5.05. The Labute approximate surface area is 167 Å². The third-order valence-corrected chi connectivity index (χ3v) is 5.52. The van der Waals surface area contributed by atoms with Gasteiger partial charge < -0.3 is 15.3 Å². The van der Waals surface area contributed by atoms with E-state index in [1.54, 1.807) is 36.4 Å². The van der Waals surface area contributed by atoms with E-state index in [9.17, 15) is 23.7 Å². The Hall–Kier alpha value is -2.63. The Morgan fingerprint density at radius 3 is 2.34 bits per heavy atom. The summed E-state index contributed by atoms with van der Waals surface area (Å²) in [7, 11) is -4.11. The molecule has 9 nitrogen and oxygen atoms in total. The highest BCUT2D eigenvalue weighted by molar-refractivity contribution is 7.86. The van der Waals surface area contributed by atoms with Crippen molar-refractivity contribution < 1.29 is 27.9 Å². The number of hydrogen-bond donors (Lipinski definition) is 3. The van der Waals surface area contributed by atoms with Crippen molar-refractivity contribution in [3.63, 3.8) is 0 Å². The second-order valence-electron chi connectivity index (χ2n) is 6.45. The van der Waals surface area contributed by atoms with Crippen molar-refractivity contribution in [2.24, 2.45) is 0 Å². The molecule has 29 heavy (non-hydrogen) atoms. The molecule has 1 aromatic heterocycles. The van der Waals surface area contributed by atoms with Crippen LogP contribution in [0.15, 0.2) is 65.7 Å². The van der Waals surface area contributed by atoms with Gasteiger partial charge in [-0.3, -0.25) is 4.18 Å². The number of rotatable bonds is 8. The minimum absolute atomic E-state index is 0.0156. The summed E-state index contributed by atoms with van der Waals surface area (Å²) < 4.78 is 29.1. The van der Waals surface area contributed by atoms with Crippen LogP contribution in [0.25, 0.3) is 5.69 Å². The molecule has 3 N–H and O–H groups in total. The molecule has 3 rings (SSSR count). The molecule has 0 aliphatic heterocycles. The van der Waals surface area contributed by atoms with Gasteiger partial charge in [-0.2, -0.15) is 23.4 Å². The van der Waals surface area contributed by atoms with E-state index < -0.39 is 35.0 Å². The molecule has 0 fully saturated rings. The van der Waals surface area contributed by atoms with Gasteiger partial charge in [0.05, 0.1) is 23.4 Å². The van der Waals surface area contributed by atoms with E-state index in [1.807, 2.05) is 13.0 Å². The van der Waals surface area contributed by atoms with Gasteiger partial charge in [-0.1, -0.05) is 35.9 Å². The molecule has 3 aromatic rings. The number of aryl methyl sites for hydroxylation is 1. The van der Waals surface area contributed by atoms with E-state index >= 15 is 0 Å². The minimum atomic E-state index is -4.11. The Balaban J connectivity index is 1.63. The van der Waals surface area contributed by atoms with Crippen molar-refractivity contribution >= 4 is 10.1 Å². The maximum atomic E-state index is 12.2. The van der Waals surface area contributed by atoms with E-state index in [0.29, 0.717) is 5.69 Å². The van der Waals surface area contributed by atoms with E-state index in [1.165, 1.54) is 23.1 Å². The molecular formula is C19H21N3O6S. The highest BCUT2D eigenvalue weighted by atomic mass is 32.2. The number of aliphatic hydroxyl groups is 3. The lowest BCUT2D eigenvalue weighted by molar-refractivity contribution is -0.0749. The number of benzene rings is 2. The zero-order valence-corrected chi connectivity index (χ0v) is 16.3. The summed E-state index contributed by atoms with van der Waals surface area (Å²) in [4.78, 5) is 1.19. The number of para-hydroxylation sites is 1. The molecular weight excluding hydrogens is 398 g/mol. The van der Waals surface area contributed by atoms with Crippen LogP contribution in [0.1, 0.15) is 17.4 Å². The van der Waals surface area contributed by atoms with Crippen LogP contribution >= 0.6 is 0 Å². The number of aromatic nitrogens is 3. The molecule has 10 heteroatoms. The Kier molecular flexibility index (Phi) is 6.40. The molecule has 0 bridgehead atoms. The van der Waals surface area contributed by atoms with Gasteiger partial charge in [0.25, 0.3) is 10.1 Å². The monoisotopic (exact) mass is 419 g/mol. The van der Waals surface area contributed by atoms with Crippen LogP contribution in [0.4, 0.5) is 0 Å². The Morgan fingerprint density at radius 1 is 1.03 bits per heavy atom. The molecule has 0 aliphatic carbocycles. The van der Waals surface area contributed by atoms with Crippen molar-refractivity contribution in [2.75, 3.05) is 6.61 Å². The predicted octanol–water partition coefficient (Wildman–Crippen LogP) is 0.736. The van der Waals surface area contributed by atoms with Gasteiger partial charge in [-0.05, 0) is 31.2 Å². The molecule has 0 saturated carbocycles. The first-order valence-corrected chi connectivity index (χ1v) is 10.2. The van der Waals surface area contributed by atoms with Gasteiger partial charge in [-0.15, -0.1) is 0 Å². The second kappa shape index (κ2) is 8.80. The van der Waals surface area contributed by atoms with E-state index in [-0.39, 0.29) is 10.6 Å². The lowest BCUT2D eigenvalue weighted by atomic mass is 10.1. The highest BCUT2D eigenvalue weighted by Crippen LogP contribution is 2.19. The fraction of sp³-hybridized carbons (Fsp3) is 0.263. The van der Waals surface area contributed by atoms with Gasteiger partial charge in [0.2, 0.25) is 0 Å². The van der Waals surface area contributed by atoms with Crippen molar-refractivity contribution in [3.05, 3.63) is 72.1 Å². The van der Waals surface area contributed by atoms with Crippen molar-refractivity contribution in [1.82, 2.24) is 15.0 Å². The summed E-state index contributed by atoms with van der Waals surface area (Å²) in [6.45, 7) is 1.08. The standard InChI is InChI=1S/C19H21N3O6S/c1-13-7-9-15(10-8-13)29(26,27)28-12-17(23)19(25)18(24)16-11-20-22(21-16)14-5-3-2-4-6-14/h2-11,17-19,23-25H,12H2,1H3/t17-,18+,19-/m0/s1. The molecule has 0 unspecified atom stereocenters. The van der Waals surface area contributed by atoms with Gasteiger partial charge in [0, 0.05) is 0 Å². The summed E-state index contributed by atoms with van der Waals surface area (Å²) in [5.74, 6) is 0. The van der Waals surface area contributed by atoms with Crippen molar-refractivity contribution in [3.8, 4) is 5.69 Å². The zero-order valence-electron chi connectivity index (χ0n) is 15.5. The third-order valence-electron chi connectivity index (χ3n) is 4.22. The van der Waals surface area contributed by atoms with Gasteiger partial charge in [-0.25, -0.2) is 0 Å². The SMILES string of the molecule is Cc1ccc(S(=O)(=O)OC[C@H](O)[C@H](O)[C@H](O)c2cnn(-c3ccccc3)n2)cc1. The molecule has 0 spiro atoms. The summed E-state index contributed by atoms with van der Waals surface area (Å²) in [6, 6.07) is 14.9. The van der Waals surface area contributed by atoms with Crippen molar-refractivity contribution in [1.29, 1.82) is 0 Å². The maximum Gasteiger partial charge on any atom is 0.297 e. The number of nitrogens with zero attached hydrogens (tertiary/aromatic N) is 3. The van der Waals surface area contributed by atoms with Gasteiger partial charge in [0.15, 0.2) is 0 Å². The average Bonchev–Trinajstić information content (AvgIpc) is 3.22. The fourth-order valence-corrected chi connectivity index (χ4v) is 3.44. The minimum Gasteiger partial charge on any atom is -0.388 e. The van der Waals surface area contributed by atoms with Crippen LogP contribution in [0, 0.1) is 6.92 Å². The summed E-state index contributed by atoms with van der Waals surface area (Å²) in [5.41, 5.74) is 1.54.